The number of carboxylic acid groups (broad SMARTS) is 1. The number of rotatable bonds is 4. The van der Waals surface area contributed by atoms with Crippen molar-refractivity contribution in [3.05, 3.63) is 0 Å². The molecule has 2 fully saturated rings. The molecule has 0 spiro atoms. The summed E-state index contributed by atoms with van der Waals surface area (Å²) < 4.78 is 0. The third-order valence-electron chi connectivity index (χ3n) is 4.79. The van der Waals surface area contributed by atoms with Gasteiger partial charge in [-0.3, -0.25) is 9.59 Å². The van der Waals surface area contributed by atoms with Crippen LogP contribution in [0.5, 0.6) is 0 Å². The summed E-state index contributed by atoms with van der Waals surface area (Å²) in [6.07, 6.45) is 6.91. The molecule has 0 saturated heterocycles. The van der Waals surface area contributed by atoms with Crippen molar-refractivity contribution in [1.29, 1.82) is 0 Å². The fourth-order valence-electron chi connectivity index (χ4n) is 3.63. The Morgan fingerprint density at radius 3 is 2.37 bits per heavy atom. The Labute approximate surface area is 115 Å². The second kappa shape index (κ2) is 6.40. The van der Waals surface area contributed by atoms with E-state index in [1.165, 1.54) is 19.3 Å². The maximum Gasteiger partial charge on any atom is 0.307 e. The molecule has 4 atom stereocenters. The first-order valence-corrected chi connectivity index (χ1v) is 7.58. The molecule has 2 rings (SSSR count). The highest BCUT2D eigenvalue weighted by Gasteiger charge is 2.35. The van der Waals surface area contributed by atoms with E-state index in [9.17, 15) is 14.7 Å². The number of carboxylic acids is 1. The minimum Gasteiger partial charge on any atom is -0.481 e. The molecule has 19 heavy (non-hydrogen) atoms. The lowest BCUT2D eigenvalue weighted by molar-refractivity contribution is -0.148. The van der Waals surface area contributed by atoms with Crippen molar-refractivity contribution in [2.75, 3.05) is 6.54 Å². The number of carbonyl (C=O) groups excluding carboxylic acids is 1. The second-order valence-electron chi connectivity index (χ2n) is 6.37. The van der Waals surface area contributed by atoms with E-state index in [2.05, 4.69) is 12.2 Å². The van der Waals surface area contributed by atoms with E-state index in [0.29, 0.717) is 12.3 Å². The summed E-state index contributed by atoms with van der Waals surface area (Å²) in [6.45, 7) is 2.98. The third kappa shape index (κ3) is 3.71. The Balaban J connectivity index is 1.82. The maximum absolute atomic E-state index is 12.2. The Hall–Kier alpha value is -1.06. The summed E-state index contributed by atoms with van der Waals surface area (Å²) in [6, 6.07) is 0. The molecule has 2 aliphatic carbocycles. The van der Waals surface area contributed by atoms with Crippen LogP contribution < -0.4 is 5.32 Å². The molecule has 108 valence electrons. The van der Waals surface area contributed by atoms with Gasteiger partial charge in [0.25, 0.3) is 0 Å². The van der Waals surface area contributed by atoms with E-state index in [1.807, 2.05) is 0 Å². The third-order valence-corrected chi connectivity index (χ3v) is 4.79. The molecule has 2 saturated carbocycles. The normalized spacial score (nSPS) is 35.0. The van der Waals surface area contributed by atoms with Crippen molar-refractivity contribution in [3.8, 4) is 0 Å². The summed E-state index contributed by atoms with van der Waals surface area (Å²) in [7, 11) is 0. The van der Waals surface area contributed by atoms with Gasteiger partial charge in [0.05, 0.1) is 11.8 Å². The Morgan fingerprint density at radius 2 is 1.79 bits per heavy atom. The molecule has 4 heteroatoms. The summed E-state index contributed by atoms with van der Waals surface area (Å²) in [5.41, 5.74) is 0. The fourth-order valence-corrected chi connectivity index (χ4v) is 3.63. The van der Waals surface area contributed by atoms with E-state index in [4.69, 9.17) is 0 Å². The monoisotopic (exact) mass is 267 g/mol. The zero-order chi connectivity index (χ0) is 13.8. The molecule has 2 aliphatic rings. The van der Waals surface area contributed by atoms with Crippen LogP contribution in [-0.4, -0.2) is 23.5 Å². The highest BCUT2D eigenvalue weighted by Crippen LogP contribution is 2.32. The Morgan fingerprint density at radius 1 is 1.11 bits per heavy atom. The zero-order valence-electron chi connectivity index (χ0n) is 11.7. The first-order valence-electron chi connectivity index (χ1n) is 7.58. The van der Waals surface area contributed by atoms with Crippen LogP contribution in [0.1, 0.15) is 51.9 Å². The van der Waals surface area contributed by atoms with E-state index >= 15 is 0 Å². The van der Waals surface area contributed by atoms with E-state index in [-0.39, 0.29) is 11.8 Å². The first-order chi connectivity index (χ1) is 9.08. The van der Waals surface area contributed by atoms with Gasteiger partial charge in [-0.1, -0.05) is 26.2 Å². The van der Waals surface area contributed by atoms with Crippen molar-refractivity contribution in [1.82, 2.24) is 5.32 Å². The molecule has 0 bridgehead atoms. The lowest BCUT2D eigenvalue weighted by atomic mass is 9.78. The number of amides is 1. The molecule has 0 aromatic heterocycles. The van der Waals surface area contributed by atoms with Crippen LogP contribution in [0.2, 0.25) is 0 Å². The Bertz CT molecular complexity index is 342. The van der Waals surface area contributed by atoms with E-state index < -0.39 is 11.9 Å². The van der Waals surface area contributed by atoms with E-state index in [0.717, 1.165) is 31.7 Å². The SMILES string of the molecule is CC1CCC(CNC(=O)[C@@H]2CCCC[C@@H]2C(=O)O)C1. The van der Waals surface area contributed by atoms with Gasteiger partial charge in [0, 0.05) is 6.54 Å². The average Bonchev–Trinajstić information content (AvgIpc) is 2.81. The summed E-state index contributed by atoms with van der Waals surface area (Å²) in [5, 5.41) is 12.2. The quantitative estimate of drug-likeness (QED) is 0.822. The highest BCUT2D eigenvalue weighted by atomic mass is 16.4. The number of carbonyl (C=O) groups is 2. The van der Waals surface area contributed by atoms with Gasteiger partial charge in [0.15, 0.2) is 0 Å². The molecular formula is C15H25NO3. The summed E-state index contributed by atoms with van der Waals surface area (Å²) in [4.78, 5) is 23.4. The van der Waals surface area contributed by atoms with Gasteiger partial charge in [-0.05, 0) is 37.5 Å². The minimum absolute atomic E-state index is 0.0355. The van der Waals surface area contributed by atoms with Crippen LogP contribution in [0.15, 0.2) is 0 Å². The van der Waals surface area contributed by atoms with Crippen LogP contribution in [0, 0.1) is 23.7 Å². The summed E-state index contributed by atoms with van der Waals surface area (Å²) >= 11 is 0. The number of hydrogen-bond acceptors (Lipinski definition) is 2. The lowest BCUT2D eigenvalue weighted by Gasteiger charge is -2.27. The largest absolute Gasteiger partial charge is 0.481 e. The van der Waals surface area contributed by atoms with Gasteiger partial charge in [-0.15, -0.1) is 0 Å². The van der Waals surface area contributed by atoms with Gasteiger partial charge in [0.1, 0.15) is 0 Å². The number of nitrogens with one attached hydrogen (secondary N) is 1. The van der Waals surface area contributed by atoms with Gasteiger partial charge in [0.2, 0.25) is 5.91 Å². The van der Waals surface area contributed by atoms with Gasteiger partial charge >= 0.3 is 5.97 Å². The molecule has 0 aliphatic heterocycles. The molecule has 0 aromatic rings. The van der Waals surface area contributed by atoms with Gasteiger partial charge in [-0.2, -0.15) is 0 Å². The topological polar surface area (TPSA) is 66.4 Å². The first kappa shape index (κ1) is 14.4. The van der Waals surface area contributed by atoms with Gasteiger partial charge < -0.3 is 10.4 Å². The Kier molecular flexibility index (Phi) is 4.83. The molecule has 1 amide bonds. The van der Waals surface area contributed by atoms with Crippen molar-refractivity contribution in [3.63, 3.8) is 0 Å². The van der Waals surface area contributed by atoms with Gasteiger partial charge in [-0.25, -0.2) is 0 Å². The van der Waals surface area contributed by atoms with Crippen LogP contribution in [0.3, 0.4) is 0 Å². The minimum atomic E-state index is -0.811. The zero-order valence-corrected chi connectivity index (χ0v) is 11.7. The molecule has 0 aromatic carbocycles. The maximum atomic E-state index is 12.2. The predicted octanol–water partition coefficient (Wildman–Crippen LogP) is 2.43. The number of aliphatic carboxylic acids is 1. The van der Waals surface area contributed by atoms with Crippen molar-refractivity contribution < 1.29 is 14.7 Å². The smallest absolute Gasteiger partial charge is 0.307 e. The average molecular weight is 267 g/mol. The van der Waals surface area contributed by atoms with Crippen molar-refractivity contribution in [2.45, 2.75) is 51.9 Å². The van der Waals surface area contributed by atoms with Crippen molar-refractivity contribution in [2.24, 2.45) is 23.7 Å². The van der Waals surface area contributed by atoms with Crippen LogP contribution >= 0.6 is 0 Å². The van der Waals surface area contributed by atoms with Crippen molar-refractivity contribution >= 4 is 11.9 Å². The second-order valence-corrected chi connectivity index (χ2v) is 6.37. The predicted molar refractivity (Wildman–Crippen MR) is 72.6 cm³/mol. The van der Waals surface area contributed by atoms with Crippen LogP contribution in [0.25, 0.3) is 0 Å². The highest BCUT2D eigenvalue weighted by molar-refractivity contribution is 5.84. The van der Waals surface area contributed by atoms with Crippen LogP contribution in [0.4, 0.5) is 0 Å². The molecule has 0 heterocycles. The lowest BCUT2D eigenvalue weighted by Crippen LogP contribution is -2.41. The molecule has 4 nitrogen and oxygen atoms in total. The molecule has 2 unspecified atom stereocenters. The van der Waals surface area contributed by atoms with E-state index in [1.54, 1.807) is 0 Å². The molecular weight excluding hydrogens is 242 g/mol. The molecule has 0 radical (unpaired) electrons. The summed E-state index contributed by atoms with van der Waals surface area (Å²) in [5.74, 6) is -0.281. The standard InChI is InChI=1S/C15H25NO3/c1-10-6-7-11(8-10)9-16-14(17)12-4-2-3-5-13(12)15(18)19/h10-13H,2-9H2,1H3,(H,16,17)(H,18,19)/t10?,11?,12-,13+/m1/s1. The van der Waals surface area contributed by atoms with Crippen LogP contribution in [-0.2, 0) is 9.59 Å². The fraction of sp³-hybridized carbons (Fsp3) is 0.867. The number of hydrogen-bond donors (Lipinski definition) is 2. The molecule has 2 N–H and O–H groups in total.